The highest BCUT2D eigenvalue weighted by Crippen LogP contribution is 2.06. The minimum atomic E-state index is -0.312. The fourth-order valence-electron chi connectivity index (χ4n) is 1.41. The van der Waals surface area contributed by atoms with E-state index in [2.05, 4.69) is 10.1 Å². The standard InChI is InChI=1S/C13H11FIN3/c1-16-13-7-12(15)11(14)9-18(13)17-8-10-5-3-2-4-6-10/h2-9H,1H3/b16-13-,17-8+. The van der Waals surface area contributed by atoms with Crippen molar-refractivity contribution in [3.63, 3.8) is 0 Å². The van der Waals surface area contributed by atoms with E-state index in [0.717, 1.165) is 5.56 Å². The van der Waals surface area contributed by atoms with Gasteiger partial charge in [0, 0.05) is 7.05 Å². The van der Waals surface area contributed by atoms with E-state index in [0.29, 0.717) is 9.06 Å². The monoisotopic (exact) mass is 355 g/mol. The molecule has 1 aromatic carbocycles. The van der Waals surface area contributed by atoms with Gasteiger partial charge in [0.2, 0.25) is 0 Å². The van der Waals surface area contributed by atoms with Crippen molar-refractivity contribution < 1.29 is 4.39 Å². The third kappa shape index (κ3) is 3.04. The molecule has 2 rings (SSSR count). The van der Waals surface area contributed by atoms with Gasteiger partial charge in [-0.15, -0.1) is 0 Å². The molecular formula is C13H11FIN3. The summed E-state index contributed by atoms with van der Waals surface area (Å²) in [5.74, 6) is -0.312. The van der Waals surface area contributed by atoms with E-state index in [-0.39, 0.29) is 5.82 Å². The second-order valence-electron chi connectivity index (χ2n) is 3.55. The maximum absolute atomic E-state index is 13.5. The van der Waals surface area contributed by atoms with Crippen molar-refractivity contribution in [1.82, 2.24) is 4.68 Å². The van der Waals surface area contributed by atoms with Gasteiger partial charge in [0.05, 0.1) is 16.0 Å². The summed E-state index contributed by atoms with van der Waals surface area (Å²) < 4.78 is 15.4. The van der Waals surface area contributed by atoms with E-state index < -0.39 is 0 Å². The Morgan fingerprint density at radius 3 is 2.67 bits per heavy atom. The molecule has 1 heterocycles. The lowest BCUT2D eigenvalue weighted by molar-refractivity contribution is 0.592. The first-order valence-electron chi connectivity index (χ1n) is 5.30. The summed E-state index contributed by atoms with van der Waals surface area (Å²) in [6.45, 7) is 0. The molecule has 92 valence electrons. The smallest absolute Gasteiger partial charge is 0.155 e. The van der Waals surface area contributed by atoms with Crippen molar-refractivity contribution in [1.29, 1.82) is 0 Å². The number of aromatic nitrogens is 1. The maximum Gasteiger partial charge on any atom is 0.155 e. The van der Waals surface area contributed by atoms with Crippen LogP contribution in [0.1, 0.15) is 5.56 Å². The molecule has 3 nitrogen and oxygen atoms in total. The Balaban J connectivity index is 2.41. The van der Waals surface area contributed by atoms with Crippen LogP contribution in [0.3, 0.4) is 0 Å². The molecule has 0 aliphatic carbocycles. The second kappa shape index (κ2) is 5.90. The molecule has 5 heteroatoms. The van der Waals surface area contributed by atoms with Crippen LogP contribution >= 0.6 is 22.6 Å². The summed E-state index contributed by atoms with van der Waals surface area (Å²) in [7, 11) is 1.65. The van der Waals surface area contributed by atoms with Crippen molar-refractivity contribution in [3.8, 4) is 0 Å². The van der Waals surface area contributed by atoms with Crippen LogP contribution in [0.5, 0.6) is 0 Å². The Hall–Kier alpha value is -1.50. The van der Waals surface area contributed by atoms with Gasteiger partial charge in [0.25, 0.3) is 0 Å². The number of nitrogens with zero attached hydrogens (tertiary/aromatic N) is 3. The summed E-state index contributed by atoms with van der Waals surface area (Å²) in [5, 5.41) is 4.20. The highest BCUT2D eigenvalue weighted by atomic mass is 127. The van der Waals surface area contributed by atoms with Crippen LogP contribution in [-0.2, 0) is 0 Å². The molecule has 0 spiro atoms. The van der Waals surface area contributed by atoms with E-state index in [1.807, 2.05) is 52.9 Å². The summed E-state index contributed by atoms with van der Waals surface area (Å²) >= 11 is 1.93. The zero-order chi connectivity index (χ0) is 13.0. The summed E-state index contributed by atoms with van der Waals surface area (Å²) in [6, 6.07) is 11.3. The third-order valence-electron chi connectivity index (χ3n) is 2.31. The first kappa shape index (κ1) is 12.9. The van der Waals surface area contributed by atoms with Crippen LogP contribution in [0.15, 0.2) is 52.7 Å². The molecular weight excluding hydrogens is 344 g/mol. The van der Waals surface area contributed by atoms with Crippen molar-refractivity contribution >= 4 is 28.8 Å². The van der Waals surface area contributed by atoms with E-state index >= 15 is 0 Å². The third-order valence-corrected chi connectivity index (χ3v) is 3.14. The van der Waals surface area contributed by atoms with Gasteiger partial charge >= 0.3 is 0 Å². The SMILES string of the molecule is C/N=c1/cc(I)c(F)cn1/N=C/c1ccccc1. The highest BCUT2D eigenvalue weighted by molar-refractivity contribution is 14.1. The average molecular weight is 355 g/mol. The fraction of sp³-hybridized carbons (Fsp3) is 0.0769. The molecule has 2 aromatic rings. The fourth-order valence-corrected chi connectivity index (χ4v) is 1.83. The minimum Gasteiger partial charge on any atom is -0.270 e. The van der Waals surface area contributed by atoms with E-state index in [4.69, 9.17) is 0 Å². The summed E-state index contributed by atoms with van der Waals surface area (Å²) in [4.78, 5) is 4.06. The molecule has 0 saturated carbocycles. The first-order valence-corrected chi connectivity index (χ1v) is 6.38. The number of hydrogen-bond donors (Lipinski definition) is 0. The minimum absolute atomic E-state index is 0.312. The van der Waals surface area contributed by atoms with Gasteiger partial charge < -0.3 is 0 Å². The number of halogens is 2. The Labute approximate surface area is 118 Å². The van der Waals surface area contributed by atoms with Crippen molar-refractivity contribution in [2.24, 2.45) is 10.1 Å². The van der Waals surface area contributed by atoms with Crippen LogP contribution in [0.2, 0.25) is 0 Å². The molecule has 0 aliphatic heterocycles. The van der Waals surface area contributed by atoms with Gasteiger partial charge in [-0.2, -0.15) is 5.10 Å². The maximum atomic E-state index is 13.5. The van der Waals surface area contributed by atoms with Crippen molar-refractivity contribution in [2.45, 2.75) is 0 Å². The molecule has 18 heavy (non-hydrogen) atoms. The molecule has 1 aromatic heterocycles. The van der Waals surface area contributed by atoms with Crippen LogP contribution in [-0.4, -0.2) is 17.9 Å². The van der Waals surface area contributed by atoms with Crippen LogP contribution in [0, 0.1) is 9.39 Å². The average Bonchev–Trinajstić information content (AvgIpc) is 2.41. The van der Waals surface area contributed by atoms with Crippen molar-refractivity contribution in [2.75, 3.05) is 7.05 Å². The van der Waals surface area contributed by atoms with E-state index in [1.54, 1.807) is 19.3 Å². The van der Waals surface area contributed by atoms with Gasteiger partial charge in [0.15, 0.2) is 5.82 Å². The predicted molar refractivity (Wildman–Crippen MR) is 78.0 cm³/mol. The quantitative estimate of drug-likeness (QED) is 0.586. The lowest BCUT2D eigenvalue weighted by Gasteiger charge is -2.02. The summed E-state index contributed by atoms with van der Waals surface area (Å²) in [5.41, 5.74) is 1.55. The molecule has 0 fully saturated rings. The van der Waals surface area contributed by atoms with Crippen LogP contribution in [0.25, 0.3) is 0 Å². The molecule has 0 atom stereocenters. The number of benzene rings is 1. The summed E-state index contributed by atoms with van der Waals surface area (Å²) in [6.07, 6.45) is 2.99. The lowest BCUT2D eigenvalue weighted by Crippen LogP contribution is -2.18. The molecule has 0 unspecified atom stereocenters. The largest absolute Gasteiger partial charge is 0.270 e. The molecule has 0 saturated heterocycles. The Morgan fingerprint density at radius 1 is 1.28 bits per heavy atom. The van der Waals surface area contributed by atoms with Crippen LogP contribution in [0.4, 0.5) is 4.39 Å². The highest BCUT2D eigenvalue weighted by Gasteiger charge is 2.01. The predicted octanol–water partition coefficient (Wildman–Crippen LogP) is 2.64. The van der Waals surface area contributed by atoms with Crippen LogP contribution < -0.4 is 5.49 Å². The van der Waals surface area contributed by atoms with Gasteiger partial charge in [0.1, 0.15) is 5.49 Å². The lowest BCUT2D eigenvalue weighted by atomic mass is 10.2. The zero-order valence-corrected chi connectivity index (χ0v) is 11.9. The Kier molecular flexibility index (Phi) is 4.24. The molecule has 0 N–H and O–H groups in total. The number of pyridine rings is 1. The van der Waals surface area contributed by atoms with Gasteiger partial charge in [-0.1, -0.05) is 30.3 Å². The molecule has 0 bridgehead atoms. The molecule has 0 aliphatic rings. The van der Waals surface area contributed by atoms with Gasteiger partial charge in [-0.05, 0) is 34.2 Å². The molecule has 0 amide bonds. The van der Waals surface area contributed by atoms with E-state index in [1.165, 1.54) is 10.9 Å². The number of rotatable bonds is 2. The number of hydrogen-bond acceptors (Lipinski definition) is 2. The van der Waals surface area contributed by atoms with Gasteiger partial charge in [-0.25, -0.2) is 9.07 Å². The second-order valence-corrected chi connectivity index (χ2v) is 4.71. The first-order chi connectivity index (χ1) is 8.70. The topological polar surface area (TPSA) is 29.6 Å². The van der Waals surface area contributed by atoms with E-state index in [9.17, 15) is 4.39 Å². The zero-order valence-electron chi connectivity index (χ0n) is 9.72. The van der Waals surface area contributed by atoms with Gasteiger partial charge in [-0.3, -0.25) is 4.99 Å². The normalized spacial score (nSPS) is 12.3. The Morgan fingerprint density at radius 2 is 2.00 bits per heavy atom. The molecule has 0 radical (unpaired) electrons. The Bertz CT molecular complexity index is 632. The van der Waals surface area contributed by atoms with Crippen molar-refractivity contribution in [3.05, 3.63) is 63.0 Å².